The number of benzene rings is 1. The maximum Gasteiger partial charge on any atom is 0.338 e. The average Bonchev–Trinajstić information content (AvgIpc) is 2.89. The van der Waals surface area contributed by atoms with Crippen molar-refractivity contribution in [2.75, 3.05) is 6.61 Å². The number of carbonyl (C=O) groups excluding carboxylic acids is 1. The van der Waals surface area contributed by atoms with Crippen LogP contribution in [0.3, 0.4) is 0 Å². The van der Waals surface area contributed by atoms with E-state index in [-0.39, 0.29) is 6.61 Å². The molecule has 1 aromatic rings. The summed E-state index contributed by atoms with van der Waals surface area (Å²) >= 11 is 0. The second kappa shape index (κ2) is 4.90. The first kappa shape index (κ1) is 12.6. The van der Waals surface area contributed by atoms with E-state index >= 15 is 0 Å². The molecule has 0 aliphatic carbocycles. The van der Waals surface area contributed by atoms with E-state index in [1.807, 2.05) is 0 Å². The lowest BCUT2D eigenvalue weighted by Gasteiger charge is -2.34. The smallest absolute Gasteiger partial charge is 0.338 e. The Morgan fingerprint density at radius 1 is 1.21 bits per heavy atom. The SMILES string of the molecule is O=C(O[C@H]1[C@@H]2OC[C@@H](O2)[C@H](O)[C@@H]1O)c1ccccc1. The molecule has 2 heterocycles. The van der Waals surface area contributed by atoms with Crippen LogP contribution in [0.1, 0.15) is 10.4 Å². The van der Waals surface area contributed by atoms with Crippen LogP contribution in [0.15, 0.2) is 30.3 Å². The molecule has 3 rings (SSSR count). The first-order valence-corrected chi connectivity index (χ1v) is 6.06. The van der Waals surface area contributed by atoms with E-state index in [1.54, 1.807) is 30.3 Å². The van der Waals surface area contributed by atoms with E-state index in [1.165, 1.54) is 0 Å². The Morgan fingerprint density at radius 2 is 1.95 bits per heavy atom. The predicted octanol–water partition coefficient (Wildman–Crippen LogP) is -0.311. The van der Waals surface area contributed by atoms with E-state index in [9.17, 15) is 15.0 Å². The van der Waals surface area contributed by atoms with Crippen molar-refractivity contribution in [1.82, 2.24) is 0 Å². The summed E-state index contributed by atoms with van der Waals surface area (Å²) in [6, 6.07) is 8.41. The topological polar surface area (TPSA) is 85.2 Å². The van der Waals surface area contributed by atoms with Crippen LogP contribution in [-0.4, -0.2) is 53.5 Å². The zero-order valence-electron chi connectivity index (χ0n) is 10.0. The molecule has 6 heteroatoms. The minimum atomic E-state index is -1.21. The van der Waals surface area contributed by atoms with E-state index < -0.39 is 36.7 Å². The van der Waals surface area contributed by atoms with Crippen LogP contribution >= 0.6 is 0 Å². The highest BCUT2D eigenvalue weighted by Crippen LogP contribution is 2.30. The predicted molar refractivity (Wildman–Crippen MR) is 62.3 cm³/mol. The molecule has 0 spiro atoms. The van der Waals surface area contributed by atoms with E-state index in [4.69, 9.17) is 14.2 Å². The summed E-state index contributed by atoms with van der Waals surface area (Å²) in [5.41, 5.74) is 0.365. The summed E-state index contributed by atoms with van der Waals surface area (Å²) in [5, 5.41) is 19.7. The Balaban J connectivity index is 1.74. The van der Waals surface area contributed by atoms with Gasteiger partial charge in [0, 0.05) is 0 Å². The highest BCUT2D eigenvalue weighted by Gasteiger charge is 2.51. The quantitative estimate of drug-likeness (QED) is 0.714. The number of esters is 1. The van der Waals surface area contributed by atoms with Gasteiger partial charge in [-0.25, -0.2) is 4.79 Å². The Bertz CT molecular complexity index is 461. The number of fused-ring (bicyclic) bond motifs is 2. The zero-order chi connectivity index (χ0) is 13.4. The molecular formula is C13H14O6. The van der Waals surface area contributed by atoms with Gasteiger partial charge in [-0.1, -0.05) is 18.2 Å². The Labute approximate surface area is 109 Å². The molecule has 2 saturated heterocycles. The van der Waals surface area contributed by atoms with Crippen LogP contribution in [0.5, 0.6) is 0 Å². The number of ether oxygens (including phenoxy) is 3. The van der Waals surface area contributed by atoms with Crippen LogP contribution < -0.4 is 0 Å². The van der Waals surface area contributed by atoms with Crippen LogP contribution in [0.2, 0.25) is 0 Å². The number of aliphatic hydroxyl groups is 2. The van der Waals surface area contributed by atoms with Gasteiger partial charge in [-0.15, -0.1) is 0 Å². The monoisotopic (exact) mass is 266 g/mol. The standard InChI is InChI=1S/C13H14O6/c14-9-8-6-17-13(18-8)11(10(9)15)19-12(16)7-4-2-1-3-5-7/h1-5,8-11,13-15H,6H2/t8-,9+,10+,11-,13-/m1/s1. The van der Waals surface area contributed by atoms with Gasteiger partial charge >= 0.3 is 5.97 Å². The van der Waals surface area contributed by atoms with Crippen molar-refractivity contribution in [2.45, 2.75) is 30.7 Å². The summed E-state index contributed by atoms with van der Waals surface area (Å²) in [4.78, 5) is 11.9. The number of aliphatic hydroxyl groups excluding tert-OH is 2. The number of rotatable bonds is 2. The molecule has 0 unspecified atom stereocenters. The molecular weight excluding hydrogens is 252 g/mol. The lowest BCUT2D eigenvalue weighted by Crippen LogP contribution is -2.55. The summed E-state index contributed by atoms with van der Waals surface area (Å²) in [6.07, 6.45) is -4.74. The van der Waals surface area contributed by atoms with Crippen LogP contribution in [0, 0.1) is 0 Å². The Kier molecular flexibility index (Phi) is 3.24. The van der Waals surface area contributed by atoms with Gasteiger partial charge in [0.25, 0.3) is 0 Å². The molecule has 1 aromatic carbocycles. The molecule has 19 heavy (non-hydrogen) atoms. The summed E-state index contributed by atoms with van der Waals surface area (Å²) < 4.78 is 15.8. The highest BCUT2D eigenvalue weighted by molar-refractivity contribution is 5.89. The first-order valence-electron chi connectivity index (χ1n) is 6.06. The third kappa shape index (κ3) is 2.23. The number of hydrogen-bond acceptors (Lipinski definition) is 6. The maximum absolute atomic E-state index is 11.9. The van der Waals surface area contributed by atoms with E-state index in [2.05, 4.69) is 0 Å². The van der Waals surface area contributed by atoms with Gasteiger partial charge in [-0.3, -0.25) is 0 Å². The van der Waals surface area contributed by atoms with E-state index in [0.717, 1.165) is 0 Å². The van der Waals surface area contributed by atoms with Crippen molar-refractivity contribution in [3.8, 4) is 0 Å². The average molecular weight is 266 g/mol. The van der Waals surface area contributed by atoms with Crippen LogP contribution in [-0.2, 0) is 14.2 Å². The van der Waals surface area contributed by atoms with Crippen LogP contribution in [0.25, 0.3) is 0 Å². The van der Waals surface area contributed by atoms with E-state index in [0.29, 0.717) is 5.56 Å². The molecule has 0 saturated carbocycles. The molecule has 0 radical (unpaired) electrons. The third-order valence-corrected chi connectivity index (χ3v) is 3.32. The fraction of sp³-hybridized carbons (Fsp3) is 0.462. The largest absolute Gasteiger partial charge is 0.450 e. The minimum absolute atomic E-state index is 0.183. The molecule has 2 fully saturated rings. The molecule has 6 nitrogen and oxygen atoms in total. The number of carbonyl (C=O) groups is 1. The molecule has 5 atom stereocenters. The van der Waals surface area contributed by atoms with Crippen molar-refractivity contribution in [3.63, 3.8) is 0 Å². The maximum atomic E-state index is 11.9. The Hall–Kier alpha value is -1.47. The van der Waals surface area contributed by atoms with Crippen molar-refractivity contribution in [2.24, 2.45) is 0 Å². The molecule has 2 aliphatic rings. The molecule has 0 aromatic heterocycles. The van der Waals surface area contributed by atoms with Gasteiger partial charge in [-0.05, 0) is 12.1 Å². The van der Waals surface area contributed by atoms with Gasteiger partial charge < -0.3 is 24.4 Å². The van der Waals surface area contributed by atoms with Gasteiger partial charge in [0.1, 0.15) is 18.3 Å². The second-order valence-corrected chi connectivity index (χ2v) is 4.59. The molecule has 0 amide bonds. The van der Waals surface area contributed by atoms with Gasteiger partial charge in [0.15, 0.2) is 12.4 Å². The van der Waals surface area contributed by atoms with Gasteiger partial charge in [0.05, 0.1) is 12.2 Å². The summed E-state index contributed by atoms with van der Waals surface area (Å²) in [5.74, 6) is -0.589. The minimum Gasteiger partial charge on any atom is -0.450 e. The summed E-state index contributed by atoms with van der Waals surface area (Å²) in [7, 11) is 0. The second-order valence-electron chi connectivity index (χ2n) is 4.59. The molecule has 2 aliphatic heterocycles. The fourth-order valence-electron chi connectivity index (χ4n) is 2.26. The summed E-state index contributed by atoms with van der Waals surface area (Å²) in [6.45, 7) is 0.183. The zero-order valence-corrected chi connectivity index (χ0v) is 10.0. The normalized spacial score (nSPS) is 37.1. The van der Waals surface area contributed by atoms with Crippen molar-refractivity contribution in [3.05, 3.63) is 35.9 Å². The van der Waals surface area contributed by atoms with Gasteiger partial charge in [-0.2, -0.15) is 0 Å². The van der Waals surface area contributed by atoms with Crippen molar-refractivity contribution >= 4 is 5.97 Å². The van der Waals surface area contributed by atoms with Gasteiger partial charge in [0.2, 0.25) is 0 Å². The van der Waals surface area contributed by atoms with Crippen molar-refractivity contribution < 1.29 is 29.2 Å². The highest BCUT2D eigenvalue weighted by atomic mass is 16.8. The van der Waals surface area contributed by atoms with Crippen LogP contribution in [0.4, 0.5) is 0 Å². The Morgan fingerprint density at radius 3 is 2.68 bits per heavy atom. The fourth-order valence-corrected chi connectivity index (χ4v) is 2.26. The first-order chi connectivity index (χ1) is 9.16. The lowest BCUT2D eigenvalue weighted by molar-refractivity contribution is -0.228. The van der Waals surface area contributed by atoms with Crippen molar-refractivity contribution in [1.29, 1.82) is 0 Å². The molecule has 2 N–H and O–H groups in total. The molecule has 2 bridgehead atoms. The third-order valence-electron chi connectivity index (χ3n) is 3.32. The molecule has 102 valence electrons. The number of hydrogen-bond donors (Lipinski definition) is 2. The lowest BCUT2D eigenvalue weighted by atomic mass is 10.0.